The molecule has 0 aromatic heterocycles. The summed E-state index contributed by atoms with van der Waals surface area (Å²) in [5.41, 5.74) is 1.58. The van der Waals surface area contributed by atoms with Gasteiger partial charge in [-0.15, -0.1) is 0 Å². The second-order valence-corrected chi connectivity index (χ2v) is 9.50. The summed E-state index contributed by atoms with van der Waals surface area (Å²) in [5.74, 6) is -0.708. The van der Waals surface area contributed by atoms with E-state index in [1.54, 1.807) is 5.48 Å². The second-order valence-electron chi connectivity index (χ2n) is 7.25. The second kappa shape index (κ2) is 11.0. The Labute approximate surface area is 162 Å². The summed E-state index contributed by atoms with van der Waals surface area (Å²) >= 11 is 0. The van der Waals surface area contributed by atoms with E-state index in [-0.39, 0.29) is 18.8 Å². The van der Waals surface area contributed by atoms with E-state index in [9.17, 15) is 18.0 Å². The Morgan fingerprint density at radius 2 is 1.74 bits per heavy atom. The molecule has 0 aromatic rings. The minimum Gasteiger partial charge on any atom is -0.469 e. The van der Waals surface area contributed by atoms with Crippen LogP contribution in [0.25, 0.3) is 0 Å². The number of esters is 1. The van der Waals surface area contributed by atoms with Crippen molar-refractivity contribution in [2.24, 2.45) is 5.92 Å². The molecule has 158 valence electrons. The zero-order valence-electron chi connectivity index (χ0n) is 16.7. The van der Waals surface area contributed by atoms with Crippen LogP contribution in [0.5, 0.6) is 0 Å². The molecule has 1 fully saturated rings. The Kier molecular flexibility index (Phi) is 9.69. The first-order chi connectivity index (χ1) is 12.8. The summed E-state index contributed by atoms with van der Waals surface area (Å²) in [7, 11) is -2.53. The van der Waals surface area contributed by atoms with E-state index >= 15 is 0 Å². The first kappa shape index (κ1) is 23.8. The number of piperidine rings is 1. The summed E-state index contributed by atoms with van der Waals surface area (Å²) in [6.07, 6.45) is 4.77. The molecule has 2 N–H and O–H groups in total. The van der Waals surface area contributed by atoms with E-state index in [2.05, 4.69) is 4.74 Å². The molecule has 0 radical (unpaired) electrons. The van der Waals surface area contributed by atoms with E-state index in [1.165, 1.54) is 11.4 Å². The molecule has 8 nitrogen and oxygen atoms in total. The summed E-state index contributed by atoms with van der Waals surface area (Å²) in [6.45, 7) is 4.38. The molecule has 0 bridgehead atoms. The van der Waals surface area contributed by atoms with Crippen LogP contribution in [0.3, 0.4) is 0 Å². The molecule has 0 spiro atoms. The quantitative estimate of drug-likeness (QED) is 0.309. The standard InChI is InChI=1S/C18H34N2O6S/c1-4-11-18(12-5-2,17(22)19-23)27(24,25)20-13-9-15(10-14-20)7-6-8-16(21)26-3/h15,23H,4-14H2,1-3H3,(H,19,22). The summed E-state index contributed by atoms with van der Waals surface area (Å²) < 4.78 is 31.1. The lowest BCUT2D eigenvalue weighted by atomic mass is 9.92. The fourth-order valence-corrected chi connectivity index (χ4v) is 6.35. The van der Waals surface area contributed by atoms with Gasteiger partial charge < -0.3 is 4.74 Å². The maximum Gasteiger partial charge on any atom is 0.305 e. The van der Waals surface area contributed by atoms with Gasteiger partial charge in [-0.25, -0.2) is 18.2 Å². The number of carbonyl (C=O) groups excluding carboxylic acids is 2. The highest BCUT2D eigenvalue weighted by atomic mass is 32.2. The monoisotopic (exact) mass is 406 g/mol. The van der Waals surface area contributed by atoms with Gasteiger partial charge in [0.1, 0.15) is 0 Å². The molecule has 0 unspecified atom stereocenters. The molecule has 1 saturated heterocycles. The van der Waals surface area contributed by atoms with E-state index < -0.39 is 20.7 Å². The van der Waals surface area contributed by atoms with Crippen molar-refractivity contribution in [3.8, 4) is 0 Å². The van der Waals surface area contributed by atoms with Crippen molar-refractivity contribution in [3.05, 3.63) is 0 Å². The maximum absolute atomic E-state index is 13.3. The van der Waals surface area contributed by atoms with E-state index in [0.717, 1.165) is 12.8 Å². The van der Waals surface area contributed by atoms with Crippen molar-refractivity contribution in [2.75, 3.05) is 20.2 Å². The van der Waals surface area contributed by atoms with Gasteiger partial charge in [0, 0.05) is 19.5 Å². The van der Waals surface area contributed by atoms with Crippen LogP contribution in [0.4, 0.5) is 0 Å². The molecule has 1 aliphatic rings. The van der Waals surface area contributed by atoms with Gasteiger partial charge in [0.05, 0.1) is 7.11 Å². The third-order valence-corrected chi connectivity index (χ3v) is 8.08. The van der Waals surface area contributed by atoms with Crippen LogP contribution in [0.2, 0.25) is 0 Å². The lowest BCUT2D eigenvalue weighted by molar-refractivity contribution is -0.140. The van der Waals surface area contributed by atoms with E-state index in [1.807, 2.05) is 13.8 Å². The van der Waals surface area contributed by atoms with Crippen molar-refractivity contribution in [1.29, 1.82) is 0 Å². The summed E-state index contributed by atoms with van der Waals surface area (Å²) in [6, 6.07) is 0. The Hall–Kier alpha value is -1.19. The van der Waals surface area contributed by atoms with E-state index in [0.29, 0.717) is 51.1 Å². The van der Waals surface area contributed by atoms with Gasteiger partial charge in [0.2, 0.25) is 10.0 Å². The Morgan fingerprint density at radius 3 is 2.19 bits per heavy atom. The highest BCUT2D eigenvalue weighted by Crippen LogP contribution is 2.35. The Morgan fingerprint density at radius 1 is 1.19 bits per heavy atom. The minimum atomic E-state index is -3.90. The third kappa shape index (κ3) is 5.65. The first-order valence-corrected chi connectivity index (χ1v) is 11.2. The van der Waals surface area contributed by atoms with Crippen LogP contribution < -0.4 is 5.48 Å². The number of amides is 1. The molecule has 1 heterocycles. The zero-order chi connectivity index (χ0) is 20.5. The number of hydrogen-bond acceptors (Lipinski definition) is 6. The number of hydrogen-bond donors (Lipinski definition) is 2. The number of rotatable bonds is 11. The molecule has 1 rings (SSSR count). The van der Waals surface area contributed by atoms with Gasteiger partial charge in [0.25, 0.3) is 5.91 Å². The van der Waals surface area contributed by atoms with Crippen molar-refractivity contribution in [1.82, 2.24) is 9.79 Å². The molecule has 9 heteroatoms. The predicted molar refractivity (Wildman–Crippen MR) is 102 cm³/mol. The molecule has 1 aliphatic heterocycles. The topological polar surface area (TPSA) is 113 Å². The van der Waals surface area contributed by atoms with Crippen molar-refractivity contribution >= 4 is 21.9 Å². The average molecular weight is 407 g/mol. The van der Waals surface area contributed by atoms with E-state index in [4.69, 9.17) is 5.21 Å². The number of nitrogens with zero attached hydrogens (tertiary/aromatic N) is 1. The molecule has 0 saturated carbocycles. The number of sulfonamides is 1. The van der Waals surface area contributed by atoms with Gasteiger partial charge in [-0.2, -0.15) is 0 Å². The van der Waals surface area contributed by atoms with Crippen molar-refractivity contribution < 1.29 is 28.0 Å². The van der Waals surface area contributed by atoms with Gasteiger partial charge in [-0.3, -0.25) is 14.8 Å². The molecule has 0 aliphatic carbocycles. The van der Waals surface area contributed by atoms with Gasteiger partial charge in [0.15, 0.2) is 4.75 Å². The minimum absolute atomic E-state index is 0.175. The normalized spacial score (nSPS) is 16.9. The molecular weight excluding hydrogens is 372 g/mol. The van der Waals surface area contributed by atoms with Crippen molar-refractivity contribution in [3.63, 3.8) is 0 Å². The van der Waals surface area contributed by atoms with Crippen LogP contribution in [-0.2, 0) is 24.3 Å². The van der Waals surface area contributed by atoms with Gasteiger partial charge in [-0.05, 0) is 44.4 Å². The first-order valence-electron chi connectivity index (χ1n) is 9.80. The van der Waals surface area contributed by atoms with Crippen LogP contribution in [0, 0.1) is 5.92 Å². The summed E-state index contributed by atoms with van der Waals surface area (Å²) in [5, 5.41) is 9.17. The zero-order valence-corrected chi connectivity index (χ0v) is 17.5. The molecule has 1 amide bonds. The summed E-state index contributed by atoms with van der Waals surface area (Å²) in [4.78, 5) is 23.6. The molecule has 0 atom stereocenters. The largest absolute Gasteiger partial charge is 0.469 e. The number of methoxy groups -OCH3 is 1. The van der Waals surface area contributed by atoms with Crippen LogP contribution in [-0.4, -0.2) is 54.8 Å². The lowest BCUT2D eigenvalue weighted by Crippen LogP contribution is -2.58. The van der Waals surface area contributed by atoms with Crippen LogP contribution >= 0.6 is 0 Å². The highest BCUT2D eigenvalue weighted by molar-refractivity contribution is 7.91. The van der Waals surface area contributed by atoms with Crippen LogP contribution in [0.1, 0.15) is 71.6 Å². The Balaban J connectivity index is 2.82. The predicted octanol–water partition coefficient (Wildman–Crippen LogP) is 2.22. The number of nitrogens with one attached hydrogen (secondary N) is 1. The van der Waals surface area contributed by atoms with Crippen LogP contribution in [0.15, 0.2) is 0 Å². The maximum atomic E-state index is 13.3. The van der Waals surface area contributed by atoms with Crippen molar-refractivity contribution in [2.45, 2.75) is 76.4 Å². The Bertz CT molecular complexity index is 579. The lowest BCUT2D eigenvalue weighted by Gasteiger charge is -2.39. The number of carbonyl (C=O) groups is 2. The fraction of sp³-hybridized carbons (Fsp3) is 0.889. The number of hydroxylamine groups is 1. The average Bonchev–Trinajstić information content (AvgIpc) is 2.67. The highest BCUT2D eigenvalue weighted by Gasteiger charge is 2.52. The van der Waals surface area contributed by atoms with Gasteiger partial charge >= 0.3 is 5.97 Å². The molecule has 27 heavy (non-hydrogen) atoms. The fourth-order valence-electron chi connectivity index (χ4n) is 3.96. The number of ether oxygens (including phenoxy) is 1. The van der Waals surface area contributed by atoms with Gasteiger partial charge in [-0.1, -0.05) is 26.7 Å². The smallest absolute Gasteiger partial charge is 0.305 e. The third-order valence-electron chi connectivity index (χ3n) is 5.45. The SMILES string of the molecule is CCCC(CCC)(C(=O)NO)S(=O)(=O)N1CCC(CCCC(=O)OC)CC1. The molecule has 0 aromatic carbocycles. The molecular formula is C18H34N2O6S.